The SMILES string of the molecule is Nc1ccn([C@@H]2O[C@H](COP(=O)(O)CC3(C(=O)O)C[C@@H](O)C(O)[C@H](O)C3)[C@@H](O)[C@H]2O)c(=O)n1. The summed E-state index contributed by atoms with van der Waals surface area (Å²) in [6.07, 6.45) is -12.0. The Morgan fingerprint density at radius 1 is 1.21 bits per heavy atom. The maximum atomic E-state index is 12.6. The van der Waals surface area contributed by atoms with Crippen molar-refractivity contribution in [1.29, 1.82) is 0 Å². The average molecular weight is 495 g/mol. The molecule has 1 aliphatic carbocycles. The zero-order chi connectivity index (χ0) is 24.7. The van der Waals surface area contributed by atoms with Crippen LogP contribution in [0.3, 0.4) is 0 Å². The molecule has 0 radical (unpaired) electrons. The van der Waals surface area contributed by atoms with Gasteiger partial charge >= 0.3 is 19.3 Å². The molecule has 1 aromatic heterocycles. The van der Waals surface area contributed by atoms with E-state index in [1.54, 1.807) is 0 Å². The number of aliphatic carboxylic acids is 1. The van der Waals surface area contributed by atoms with Crippen molar-refractivity contribution < 1.29 is 54.2 Å². The standard InChI is InChI=1S/C17H26N3O12P/c18-10-1-2-20(16(28)19-10)14-13(25)12(24)9(32-14)5-31-33(29,30)6-17(15(26)27)3-7(21)11(23)8(22)4-17/h1-2,7-9,11-14,21-25H,3-6H2,(H,26,27)(H,29,30)(H2,18,19,28)/t7-,8-,9-,11?,12-,13-,14-,17?/m1/s1. The average Bonchev–Trinajstić information content (AvgIpc) is 2.98. The molecule has 7 atom stereocenters. The fourth-order valence-corrected chi connectivity index (χ4v) is 5.72. The summed E-state index contributed by atoms with van der Waals surface area (Å²) in [5.74, 6) is -1.66. The van der Waals surface area contributed by atoms with Gasteiger partial charge in [-0.15, -0.1) is 0 Å². The van der Waals surface area contributed by atoms with Gasteiger partial charge in [0.15, 0.2) is 6.23 Å². The van der Waals surface area contributed by atoms with Crippen LogP contribution in [0, 0.1) is 5.41 Å². The zero-order valence-corrected chi connectivity index (χ0v) is 18.0. The largest absolute Gasteiger partial charge is 0.481 e. The Balaban J connectivity index is 1.70. The van der Waals surface area contributed by atoms with E-state index < -0.39 is 93.1 Å². The lowest BCUT2D eigenvalue weighted by Gasteiger charge is -2.41. The number of nitrogen functional groups attached to an aromatic ring is 1. The Labute approximate surface area is 186 Å². The van der Waals surface area contributed by atoms with Crippen molar-refractivity contribution in [3.8, 4) is 0 Å². The van der Waals surface area contributed by atoms with Crippen LogP contribution >= 0.6 is 7.60 Å². The van der Waals surface area contributed by atoms with Gasteiger partial charge in [0.05, 0.1) is 30.4 Å². The van der Waals surface area contributed by atoms with Crippen LogP contribution in [0.1, 0.15) is 19.1 Å². The van der Waals surface area contributed by atoms with E-state index in [4.69, 9.17) is 15.0 Å². The molecule has 0 bridgehead atoms. The number of carboxylic acids is 1. The molecule has 1 aliphatic heterocycles. The van der Waals surface area contributed by atoms with Gasteiger partial charge in [-0.25, -0.2) is 4.79 Å². The van der Waals surface area contributed by atoms with E-state index >= 15 is 0 Å². The number of nitrogens with zero attached hydrogens (tertiary/aromatic N) is 2. The van der Waals surface area contributed by atoms with Crippen molar-refractivity contribution >= 4 is 19.4 Å². The summed E-state index contributed by atoms with van der Waals surface area (Å²) in [5.41, 5.74) is 2.46. The lowest BCUT2D eigenvalue weighted by Crippen LogP contribution is -2.53. The van der Waals surface area contributed by atoms with Crippen molar-refractivity contribution in [3.63, 3.8) is 0 Å². The lowest BCUT2D eigenvalue weighted by molar-refractivity contribution is -0.166. The highest BCUT2D eigenvalue weighted by Crippen LogP contribution is 2.52. The maximum absolute atomic E-state index is 12.6. The van der Waals surface area contributed by atoms with Gasteiger partial charge in [-0.2, -0.15) is 4.98 Å². The summed E-state index contributed by atoms with van der Waals surface area (Å²) in [4.78, 5) is 37.5. The minimum atomic E-state index is -4.71. The Hall–Kier alpha value is -1.94. The van der Waals surface area contributed by atoms with Crippen molar-refractivity contribution in [1.82, 2.24) is 9.55 Å². The Morgan fingerprint density at radius 3 is 2.36 bits per heavy atom. The maximum Gasteiger partial charge on any atom is 0.351 e. The third-order valence-corrected chi connectivity index (χ3v) is 7.41. The van der Waals surface area contributed by atoms with Gasteiger partial charge in [-0.3, -0.25) is 13.9 Å². The molecule has 0 aromatic carbocycles. The summed E-state index contributed by atoms with van der Waals surface area (Å²) in [6, 6.07) is 1.25. The molecule has 16 heteroatoms. The third kappa shape index (κ3) is 5.26. The molecule has 0 amide bonds. The Morgan fingerprint density at radius 2 is 1.82 bits per heavy atom. The minimum absolute atomic E-state index is 0.0804. The van der Waals surface area contributed by atoms with Crippen LogP contribution in [0.2, 0.25) is 0 Å². The molecule has 2 aliphatic rings. The number of carboxylic acid groups (broad SMARTS) is 1. The fourth-order valence-electron chi connectivity index (χ4n) is 4.09. The summed E-state index contributed by atoms with van der Waals surface area (Å²) in [6.45, 7) is -0.761. The minimum Gasteiger partial charge on any atom is -0.481 e. The first-order chi connectivity index (χ1) is 15.3. The van der Waals surface area contributed by atoms with Crippen molar-refractivity contribution in [3.05, 3.63) is 22.7 Å². The number of carbonyl (C=O) groups is 1. The molecule has 1 unspecified atom stereocenters. The summed E-state index contributed by atoms with van der Waals surface area (Å²) in [5, 5.41) is 59.4. The molecule has 33 heavy (non-hydrogen) atoms. The molecular formula is C17H26N3O12P. The number of rotatable bonds is 7. The van der Waals surface area contributed by atoms with Crippen LogP contribution in [0.15, 0.2) is 17.1 Å². The molecule has 1 saturated heterocycles. The number of aliphatic hydroxyl groups is 5. The van der Waals surface area contributed by atoms with Gasteiger partial charge in [0.25, 0.3) is 0 Å². The zero-order valence-electron chi connectivity index (χ0n) is 17.1. The summed E-state index contributed by atoms with van der Waals surface area (Å²) >= 11 is 0. The normalized spacial score (nSPS) is 38.7. The number of aliphatic hydroxyl groups excluding tert-OH is 5. The summed E-state index contributed by atoms with van der Waals surface area (Å²) in [7, 11) is -4.71. The second-order valence-corrected chi connectivity index (χ2v) is 10.1. The molecule has 3 rings (SSSR count). The number of nitrogens with two attached hydrogens (primary N) is 1. The molecule has 1 aromatic rings. The monoisotopic (exact) mass is 495 g/mol. The van der Waals surface area contributed by atoms with Crippen LogP contribution in [0.4, 0.5) is 5.82 Å². The van der Waals surface area contributed by atoms with Gasteiger partial charge in [-0.05, 0) is 18.9 Å². The molecule has 15 nitrogen and oxygen atoms in total. The van der Waals surface area contributed by atoms with Gasteiger partial charge in [0.1, 0.15) is 30.2 Å². The molecule has 1 saturated carbocycles. The highest BCUT2D eigenvalue weighted by atomic mass is 31.2. The van der Waals surface area contributed by atoms with Crippen LogP contribution in [0.5, 0.6) is 0 Å². The topological polar surface area (TPSA) is 255 Å². The molecular weight excluding hydrogens is 469 g/mol. The van der Waals surface area contributed by atoms with E-state index in [2.05, 4.69) is 4.98 Å². The highest BCUT2D eigenvalue weighted by Gasteiger charge is 2.53. The van der Waals surface area contributed by atoms with Crippen LogP contribution in [-0.4, -0.2) is 100 Å². The first-order valence-corrected chi connectivity index (χ1v) is 11.6. The number of hydrogen-bond acceptors (Lipinski definition) is 12. The highest BCUT2D eigenvalue weighted by molar-refractivity contribution is 7.52. The van der Waals surface area contributed by atoms with Crippen molar-refractivity contribution in [2.24, 2.45) is 5.41 Å². The predicted molar refractivity (Wildman–Crippen MR) is 107 cm³/mol. The van der Waals surface area contributed by atoms with Crippen LogP contribution in [0.25, 0.3) is 0 Å². The predicted octanol–water partition coefficient (Wildman–Crippen LogP) is -3.41. The summed E-state index contributed by atoms with van der Waals surface area (Å²) < 4.78 is 23.8. The van der Waals surface area contributed by atoms with E-state index in [1.807, 2.05) is 0 Å². The van der Waals surface area contributed by atoms with E-state index in [0.29, 0.717) is 0 Å². The number of anilines is 1. The van der Waals surface area contributed by atoms with Gasteiger partial charge in [0.2, 0.25) is 0 Å². The smallest absolute Gasteiger partial charge is 0.351 e. The number of ether oxygens (including phenoxy) is 1. The molecule has 2 fully saturated rings. The van der Waals surface area contributed by atoms with E-state index in [0.717, 1.165) is 4.57 Å². The first kappa shape index (κ1) is 25.7. The van der Waals surface area contributed by atoms with Gasteiger partial charge < -0.3 is 50.5 Å². The van der Waals surface area contributed by atoms with Crippen LogP contribution < -0.4 is 11.4 Å². The number of hydrogen-bond donors (Lipinski definition) is 8. The van der Waals surface area contributed by atoms with E-state index in [9.17, 15) is 49.7 Å². The lowest BCUT2D eigenvalue weighted by atomic mass is 9.72. The second kappa shape index (κ2) is 9.37. The molecule has 2 heterocycles. The molecule has 0 spiro atoms. The van der Waals surface area contributed by atoms with E-state index in [1.165, 1.54) is 12.3 Å². The van der Waals surface area contributed by atoms with Crippen molar-refractivity contribution in [2.75, 3.05) is 18.5 Å². The molecule has 9 N–H and O–H groups in total. The molecule has 186 valence electrons. The van der Waals surface area contributed by atoms with Crippen molar-refractivity contribution in [2.45, 2.75) is 55.7 Å². The Kier molecular flexibility index (Phi) is 7.29. The third-order valence-electron chi connectivity index (χ3n) is 5.85. The van der Waals surface area contributed by atoms with E-state index in [-0.39, 0.29) is 5.82 Å². The fraction of sp³-hybridized carbons (Fsp3) is 0.706. The quantitative estimate of drug-likeness (QED) is 0.172. The number of aromatic nitrogens is 2. The van der Waals surface area contributed by atoms with Gasteiger partial charge in [0, 0.05) is 6.20 Å². The van der Waals surface area contributed by atoms with Gasteiger partial charge in [-0.1, -0.05) is 0 Å². The second-order valence-electron chi connectivity index (χ2n) is 8.30. The van der Waals surface area contributed by atoms with Crippen LogP contribution in [-0.2, 0) is 18.6 Å². The first-order valence-electron chi connectivity index (χ1n) is 9.86. The Bertz CT molecular complexity index is 976.